The Balaban J connectivity index is 2.17. The number of ether oxygens (including phenoxy) is 1. The lowest BCUT2D eigenvalue weighted by atomic mass is 10.1. The van der Waals surface area contributed by atoms with Gasteiger partial charge >= 0.3 is 0 Å². The van der Waals surface area contributed by atoms with Crippen molar-refractivity contribution in [3.05, 3.63) is 59.7 Å². The van der Waals surface area contributed by atoms with Crippen molar-refractivity contribution in [1.82, 2.24) is 10.2 Å². The number of rotatable bonds is 16. The average molecular weight is 546 g/mol. The Morgan fingerprint density at radius 3 is 2.18 bits per heavy atom. The fraction of sp³-hybridized carbons (Fsp3) is 0.517. The predicted molar refractivity (Wildman–Crippen MR) is 153 cm³/mol. The van der Waals surface area contributed by atoms with Gasteiger partial charge in [0.25, 0.3) is 0 Å². The molecule has 2 aromatic rings. The molecule has 0 saturated carbocycles. The van der Waals surface area contributed by atoms with E-state index in [1.165, 1.54) is 4.31 Å². The van der Waals surface area contributed by atoms with E-state index in [0.29, 0.717) is 44.0 Å². The molecule has 2 rings (SSSR count). The van der Waals surface area contributed by atoms with Crippen molar-refractivity contribution in [1.29, 1.82) is 0 Å². The molecule has 0 aromatic heterocycles. The third-order valence-electron chi connectivity index (χ3n) is 6.28. The SMILES string of the molecule is CCCCNC(=O)C(CC)N(Cc1ccc(C)cc1)C(=O)CCCN(c1ccc(OCC)cc1)S(C)(=O)=O. The summed E-state index contributed by atoms with van der Waals surface area (Å²) in [5, 5.41) is 2.96. The summed E-state index contributed by atoms with van der Waals surface area (Å²) in [6.45, 7) is 9.40. The van der Waals surface area contributed by atoms with E-state index in [-0.39, 0.29) is 24.8 Å². The molecule has 0 radical (unpaired) electrons. The molecule has 210 valence electrons. The molecule has 2 aromatic carbocycles. The van der Waals surface area contributed by atoms with E-state index < -0.39 is 16.1 Å². The number of unbranched alkanes of at least 4 members (excludes halogenated alkanes) is 1. The number of aryl methyl sites for hydroxylation is 1. The number of hydrogen-bond donors (Lipinski definition) is 1. The molecule has 1 unspecified atom stereocenters. The summed E-state index contributed by atoms with van der Waals surface area (Å²) in [6, 6.07) is 14.2. The Hall–Kier alpha value is -3.07. The number of hydrogen-bond acceptors (Lipinski definition) is 5. The first kappa shape index (κ1) is 31.1. The Morgan fingerprint density at radius 2 is 1.63 bits per heavy atom. The molecule has 0 fully saturated rings. The highest BCUT2D eigenvalue weighted by atomic mass is 32.2. The molecule has 0 bridgehead atoms. The van der Waals surface area contributed by atoms with Crippen LogP contribution in [0.15, 0.2) is 48.5 Å². The molecular formula is C29H43N3O5S. The van der Waals surface area contributed by atoms with E-state index in [4.69, 9.17) is 4.74 Å². The summed E-state index contributed by atoms with van der Waals surface area (Å²) < 4.78 is 31.8. The Bertz CT molecular complexity index is 1120. The van der Waals surface area contributed by atoms with Gasteiger partial charge in [0.1, 0.15) is 11.8 Å². The Kier molecular flexibility index (Phi) is 12.6. The number of amides is 2. The lowest BCUT2D eigenvalue weighted by Gasteiger charge is -2.31. The number of sulfonamides is 1. The van der Waals surface area contributed by atoms with Crippen LogP contribution in [-0.4, -0.2) is 57.1 Å². The van der Waals surface area contributed by atoms with Crippen molar-refractivity contribution < 1.29 is 22.7 Å². The number of nitrogens with one attached hydrogen (secondary N) is 1. The van der Waals surface area contributed by atoms with Crippen LogP contribution in [0.5, 0.6) is 5.75 Å². The van der Waals surface area contributed by atoms with Gasteiger partial charge in [-0.15, -0.1) is 0 Å². The second-order valence-electron chi connectivity index (χ2n) is 9.44. The van der Waals surface area contributed by atoms with Gasteiger partial charge < -0.3 is 15.0 Å². The molecule has 0 aliphatic rings. The minimum absolute atomic E-state index is 0.119. The van der Waals surface area contributed by atoms with E-state index in [9.17, 15) is 18.0 Å². The maximum absolute atomic E-state index is 13.5. The van der Waals surface area contributed by atoms with Crippen molar-refractivity contribution in [2.75, 3.05) is 30.3 Å². The van der Waals surface area contributed by atoms with Gasteiger partial charge in [-0.3, -0.25) is 13.9 Å². The van der Waals surface area contributed by atoms with Crippen molar-refractivity contribution in [2.45, 2.75) is 72.4 Å². The second-order valence-corrected chi connectivity index (χ2v) is 11.3. The molecule has 0 aliphatic heterocycles. The minimum atomic E-state index is -3.56. The van der Waals surface area contributed by atoms with Gasteiger partial charge in [-0.25, -0.2) is 8.42 Å². The van der Waals surface area contributed by atoms with Crippen LogP contribution in [0, 0.1) is 6.92 Å². The minimum Gasteiger partial charge on any atom is -0.494 e. The molecule has 38 heavy (non-hydrogen) atoms. The second kappa shape index (κ2) is 15.4. The van der Waals surface area contributed by atoms with Crippen LogP contribution in [0.2, 0.25) is 0 Å². The van der Waals surface area contributed by atoms with E-state index in [1.807, 2.05) is 45.0 Å². The molecule has 8 nitrogen and oxygen atoms in total. The summed E-state index contributed by atoms with van der Waals surface area (Å²) in [4.78, 5) is 28.1. The number of benzene rings is 2. The smallest absolute Gasteiger partial charge is 0.242 e. The summed E-state index contributed by atoms with van der Waals surface area (Å²) in [5.41, 5.74) is 2.57. The first-order valence-corrected chi connectivity index (χ1v) is 15.3. The van der Waals surface area contributed by atoms with Crippen LogP contribution >= 0.6 is 0 Å². The molecule has 0 spiro atoms. The van der Waals surface area contributed by atoms with E-state index >= 15 is 0 Å². The van der Waals surface area contributed by atoms with E-state index in [2.05, 4.69) is 12.2 Å². The van der Waals surface area contributed by atoms with Crippen LogP contribution in [0.4, 0.5) is 5.69 Å². The molecule has 1 N–H and O–H groups in total. The highest BCUT2D eigenvalue weighted by Crippen LogP contribution is 2.23. The van der Waals surface area contributed by atoms with Gasteiger partial charge in [-0.2, -0.15) is 0 Å². The third kappa shape index (κ3) is 9.67. The monoisotopic (exact) mass is 545 g/mol. The topological polar surface area (TPSA) is 96.0 Å². The van der Waals surface area contributed by atoms with Crippen LogP contribution < -0.4 is 14.4 Å². The summed E-state index contributed by atoms with van der Waals surface area (Å²) >= 11 is 0. The molecule has 0 saturated heterocycles. The fourth-order valence-electron chi connectivity index (χ4n) is 4.20. The zero-order chi connectivity index (χ0) is 28.1. The highest BCUT2D eigenvalue weighted by molar-refractivity contribution is 7.92. The van der Waals surface area contributed by atoms with E-state index in [0.717, 1.165) is 30.2 Å². The number of carbonyl (C=O) groups is 2. The fourth-order valence-corrected chi connectivity index (χ4v) is 5.16. The van der Waals surface area contributed by atoms with Gasteiger partial charge in [0, 0.05) is 26.1 Å². The maximum atomic E-state index is 13.5. The van der Waals surface area contributed by atoms with Crippen molar-refractivity contribution in [3.8, 4) is 5.75 Å². The van der Waals surface area contributed by atoms with Gasteiger partial charge in [-0.05, 0) is 62.9 Å². The first-order chi connectivity index (χ1) is 18.1. The Morgan fingerprint density at radius 1 is 0.974 bits per heavy atom. The maximum Gasteiger partial charge on any atom is 0.242 e. The standard InChI is InChI=1S/C29H43N3O5S/c1-6-9-20-30-29(34)27(7-2)31(22-24-14-12-23(4)13-15-24)28(33)11-10-21-32(38(5,35)36)25-16-18-26(19-17-25)37-8-3/h12-19,27H,6-11,20-22H2,1-5H3,(H,30,34). The van der Waals surface area contributed by atoms with Gasteiger partial charge in [0.05, 0.1) is 18.6 Å². The zero-order valence-electron chi connectivity index (χ0n) is 23.4. The van der Waals surface area contributed by atoms with Crippen molar-refractivity contribution in [3.63, 3.8) is 0 Å². The number of carbonyl (C=O) groups excluding carboxylic acids is 2. The number of anilines is 1. The molecular weight excluding hydrogens is 502 g/mol. The zero-order valence-corrected chi connectivity index (χ0v) is 24.2. The van der Waals surface area contributed by atoms with Crippen LogP contribution in [0.25, 0.3) is 0 Å². The van der Waals surface area contributed by atoms with Crippen molar-refractivity contribution >= 4 is 27.5 Å². The molecule has 0 heterocycles. The lowest BCUT2D eigenvalue weighted by molar-refractivity contribution is -0.141. The van der Waals surface area contributed by atoms with E-state index in [1.54, 1.807) is 29.2 Å². The summed E-state index contributed by atoms with van der Waals surface area (Å²) in [6.07, 6.45) is 3.92. The molecule has 0 aliphatic carbocycles. The molecule has 1 atom stereocenters. The predicted octanol–water partition coefficient (Wildman–Crippen LogP) is 4.66. The Labute approximate surface area is 228 Å². The average Bonchev–Trinajstić information content (AvgIpc) is 2.88. The van der Waals surface area contributed by atoms with Crippen molar-refractivity contribution in [2.24, 2.45) is 0 Å². The van der Waals surface area contributed by atoms with Crippen LogP contribution in [0.1, 0.15) is 64.0 Å². The summed E-state index contributed by atoms with van der Waals surface area (Å²) in [5.74, 6) is 0.325. The molecule has 2 amide bonds. The quantitative estimate of drug-likeness (QED) is 0.310. The normalized spacial score (nSPS) is 12.0. The highest BCUT2D eigenvalue weighted by Gasteiger charge is 2.28. The first-order valence-electron chi connectivity index (χ1n) is 13.4. The van der Waals surface area contributed by atoms with Crippen LogP contribution in [0.3, 0.4) is 0 Å². The van der Waals surface area contributed by atoms with Crippen LogP contribution in [-0.2, 0) is 26.2 Å². The number of nitrogens with zero attached hydrogens (tertiary/aromatic N) is 2. The lowest BCUT2D eigenvalue weighted by Crippen LogP contribution is -2.49. The van der Waals surface area contributed by atoms with Gasteiger partial charge in [-0.1, -0.05) is 50.1 Å². The largest absolute Gasteiger partial charge is 0.494 e. The van der Waals surface area contributed by atoms with Gasteiger partial charge in [0.15, 0.2) is 0 Å². The third-order valence-corrected chi connectivity index (χ3v) is 7.47. The molecule has 9 heteroatoms. The van der Waals surface area contributed by atoms with Gasteiger partial charge in [0.2, 0.25) is 21.8 Å². The summed E-state index contributed by atoms with van der Waals surface area (Å²) in [7, 11) is -3.56.